The van der Waals surface area contributed by atoms with Gasteiger partial charge in [0.2, 0.25) is 0 Å². The van der Waals surface area contributed by atoms with E-state index >= 15 is 0 Å². The maximum Gasteiger partial charge on any atom is 0.431 e. The fourth-order valence-corrected chi connectivity index (χ4v) is 8.03. The van der Waals surface area contributed by atoms with E-state index in [4.69, 9.17) is 9.40 Å². The Bertz CT molecular complexity index is 2950. The van der Waals surface area contributed by atoms with Crippen molar-refractivity contribution in [3.05, 3.63) is 147 Å². The number of rotatable bonds is 4. The molecule has 5 aromatic heterocycles. The van der Waals surface area contributed by atoms with E-state index in [0.29, 0.717) is 39.0 Å². The van der Waals surface area contributed by atoms with Gasteiger partial charge in [0.15, 0.2) is 0 Å². The average molecular weight is 809 g/mol. The molecule has 0 fully saturated rings. The van der Waals surface area contributed by atoms with E-state index in [2.05, 4.69) is 101 Å². The summed E-state index contributed by atoms with van der Waals surface area (Å²) in [6.45, 7) is 4.14. The lowest BCUT2D eigenvalue weighted by molar-refractivity contribution is 0.511. The van der Waals surface area contributed by atoms with Crippen LogP contribution in [0.2, 0.25) is 0 Å². The smallest absolute Gasteiger partial charge is 0.431 e. The average Bonchev–Trinajstić information content (AvgIpc) is 3.99. The van der Waals surface area contributed by atoms with Gasteiger partial charge in [-0.1, -0.05) is 71.8 Å². The van der Waals surface area contributed by atoms with Crippen molar-refractivity contribution in [2.75, 3.05) is 0 Å². The summed E-state index contributed by atoms with van der Waals surface area (Å²) in [6, 6.07) is 40.5. The molecule has 6 heterocycles. The lowest BCUT2D eigenvalue weighted by Crippen LogP contribution is -1.90. The van der Waals surface area contributed by atoms with E-state index in [1.54, 1.807) is 0 Å². The Kier molecular flexibility index (Phi) is 7.94. The highest BCUT2D eigenvalue weighted by molar-refractivity contribution is 14.1. The Labute approximate surface area is 312 Å². The van der Waals surface area contributed by atoms with Gasteiger partial charge in [-0.3, -0.25) is 0 Å². The Morgan fingerprint density at radius 1 is 0.538 bits per heavy atom. The first kappa shape index (κ1) is 32.2. The number of furan rings is 1. The summed E-state index contributed by atoms with van der Waals surface area (Å²) in [5.41, 5.74) is 14.6. The molecule has 1 aliphatic rings. The van der Waals surface area contributed by atoms with Crippen molar-refractivity contribution in [2.24, 2.45) is 0 Å². The van der Waals surface area contributed by atoms with Crippen molar-refractivity contribution in [3.63, 3.8) is 0 Å². The van der Waals surface area contributed by atoms with Gasteiger partial charge in [0.25, 0.3) is 0 Å². The van der Waals surface area contributed by atoms with Gasteiger partial charge in [-0.25, -0.2) is 18.5 Å². The first-order valence-electron chi connectivity index (χ1n) is 16.8. The number of aromatic amines is 2. The molecule has 0 amide bonds. The van der Waals surface area contributed by atoms with Crippen LogP contribution in [0, 0.1) is 17.4 Å². The highest BCUT2D eigenvalue weighted by atomic mass is 127. The van der Waals surface area contributed by atoms with E-state index in [0.717, 1.165) is 59.2 Å². The van der Waals surface area contributed by atoms with Gasteiger partial charge in [0, 0.05) is 20.3 Å². The Morgan fingerprint density at radius 2 is 1.02 bits per heavy atom. The second-order valence-electron chi connectivity index (χ2n) is 13.0. The van der Waals surface area contributed by atoms with Crippen LogP contribution in [0.1, 0.15) is 22.5 Å². The largest absolute Gasteiger partial charge is 0.456 e. The zero-order valence-corrected chi connectivity index (χ0v) is 31.2. The standard InChI is InChI=1S/C43H30IN4O3P/c1-25-3-7-28(8-4-25)42-35-19-16-32(46-35)31-15-18-34(45-31)41(27-11-13-30(44)14-12-27)38-22-21-37(48(38)52(49)50)33-17-20-36(47-33)43(40-24-23-39(42)51-40)29-9-5-26(2)6-10-29/h3-24,46-47H,1-2H3. The van der Waals surface area contributed by atoms with Gasteiger partial charge in [-0.15, -0.1) is 0 Å². The molecule has 7 nitrogen and oxygen atoms in total. The molecular weight excluding hydrogens is 778 g/mol. The van der Waals surface area contributed by atoms with E-state index < -0.39 is 7.83 Å². The SMILES string of the molecule is Cc1ccc(-c2c3ccc([nH]3)c3nc(c(-c4ccc(I)cc4)c4ccc(c5ccc([nH]5)c(-c5ccc(C)cc5)c5ccc2o5)n4P(=O)=O)C=C3)cc1. The number of aromatic nitrogens is 4. The van der Waals surface area contributed by atoms with Gasteiger partial charge in [-0.2, -0.15) is 0 Å². The monoisotopic (exact) mass is 808 g/mol. The van der Waals surface area contributed by atoms with Crippen LogP contribution in [0.5, 0.6) is 0 Å². The predicted molar refractivity (Wildman–Crippen MR) is 220 cm³/mol. The molecule has 0 saturated carbocycles. The summed E-state index contributed by atoms with van der Waals surface area (Å²) < 4.78 is 35.7. The quantitative estimate of drug-likeness (QED) is 0.137. The molecule has 252 valence electrons. The van der Waals surface area contributed by atoms with E-state index in [1.807, 2.05) is 78.9 Å². The summed E-state index contributed by atoms with van der Waals surface area (Å²) >= 11 is 2.28. The minimum atomic E-state index is -3.08. The number of H-pyrrole nitrogens is 2. The maximum absolute atomic E-state index is 13.2. The summed E-state index contributed by atoms with van der Waals surface area (Å²) in [6.07, 6.45) is 3.92. The minimum absolute atomic E-state index is 0.514. The molecule has 3 aromatic carbocycles. The number of nitrogens with zero attached hydrogens (tertiary/aromatic N) is 2. The van der Waals surface area contributed by atoms with Crippen molar-refractivity contribution >= 4 is 86.8 Å². The summed E-state index contributed by atoms with van der Waals surface area (Å²) in [5.74, 6) is 0. The zero-order valence-electron chi connectivity index (χ0n) is 28.1. The van der Waals surface area contributed by atoms with Crippen molar-refractivity contribution in [3.8, 4) is 33.4 Å². The van der Waals surface area contributed by atoms with Crippen LogP contribution >= 0.6 is 30.4 Å². The molecule has 9 rings (SSSR count). The molecule has 0 saturated heterocycles. The zero-order chi connectivity index (χ0) is 35.5. The predicted octanol–water partition coefficient (Wildman–Crippen LogP) is 12.6. The molecule has 0 radical (unpaired) electrons. The molecule has 2 N–H and O–H groups in total. The number of hydrogen-bond donors (Lipinski definition) is 2. The molecule has 0 atom stereocenters. The van der Waals surface area contributed by atoms with Crippen molar-refractivity contribution in [1.82, 2.24) is 19.3 Å². The van der Waals surface area contributed by atoms with Crippen molar-refractivity contribution in [1.29, 1.82) is 0 Å². The van der Waals surface area contributed by atoms with E-state index in [1.165, 1.54) is 9.90 Å². The third kappa shape index (κ3) is 5.64. The molecule has 0 unspecified atom stereocenters. The lowest BCUT2D eigenvalue weighted by Gasteiger charge is -2.06. The van der Waals surface area contributed by atoms with Crippen LogP contribution in [0.4, 0.5) is 0 Å². The maximum atomic E-state index is 13.2. The fraction of sp³-hybridized carbons (Fsp3) is 0.0465. The first-order chi connectivity index (χ1) is 25.3. The van der Waals surface area contributed by atoms with Crippen LogP contribution in [0.15, 0.2) is 126 Å². The molecule has 8 aromatic rings. The Morgan fingerprint density at radius 3 is 1.62 bits per heavy atom. The summed E-state index contributed by atoms with van der Waals surface area (Å²) in [5, 5.41) is 0. The molecular formula is C43H30IN4O3P. The molecule has 52 heavy (non-hydrogen) atoms. The Balaban J connectivity index is 1.48. The summed E-state index contributed by atoms with van der Waals surface area (Å²) in [7, 11) is -3.08. The normalized spacial score (nSPS) is 11.8. The highest BCUT2D eigenvalue weighted by Gasteiger charge is 2.18. The fourth-order valence-electron chi connectivity index (χ4n) is 6.98. The van der Waals surface area contributed by atoms with Crippen LogP contribution in [0.25, 0.3) is 89.8 Å². The number of benzene rings is 3. The van der Waals surface area contributed by atoms with Crippen LogP contribution in [0.3, 0.4) is 0 Å². The minimum Gasteiger partial charge on any atom is -0.456 e. The molecule has 9 heteroatoms. The number of aryl methyl sites for hydroxylation is 2. The number of nitrogens with one attached hydrogen (secondary N) is 2. The topological polar surface area (TPSA) is 96.7 Å². The second kappa shape index (κ2) is 12.8. The molecule has 0 aliphatic carbocycles. The lowest BCUT2D eigenvalue weighted by atomic mass is 10.0. The van der Waals surface area contributed by atoms with Crippen LogP contribution in [-0.4, -0.2) is 19.3 Å². The molecule has 1 aliphatic heterocycles. The second-order valence-corrected chi connectivity index (χ2v) is 15.1. The third-order valence-electron chi connectivity index (χ3n) is 9.55. The number of fused-ring (bicyclic) bond motifs is 12. The summed E-state index contributed by atoms with van der Waals surface area (Å²) in [4.78, 5) is 12.3. The Hall–Kier alpha value is -5.70. The van der Waals surface area contributed by atoms with Gasteiger partial charge in [-0.05, 0) is 126 Å². The van der Waals surface area contributed by atoms with E-state index in [9.17, 15) is 9.13 Å². The van der Waals surface area contributed by atoms with Gasteiger partial charge >= 0.3 is 7.83 Å². The molecule has 0 spiro atoms. The van der Waals surface area contributed by atoms with Crippen LogP contribution < -0.4 is 0 Å². The van der Waals surface area contributed by atoms with E-state index in [-0.39, 0.29) is 0 Å². The van der Waals surface area contributed by atoms with Crippen molar-refractivity contribution in [2.45, 2.75) is 13.8 Å². The van der Waals surface area contributed by atoms with Gasteiger partial charge < -0.3 is 14.4 Å². The van der Waals surface area contributed by atoms with Crippen molar-refractivity contribution < 1.29 is 13.5 Å². The highest BCUT2D eigenvalue weighted by Crippen LogP contribution is 2.38. The number of halogens is 1. The first-order valence-corrected chi connectivity index (χ1v) is 19.0. The van der Waals surface area contributed by atoms with Gasteiger partial charge in [0.1, 0.15) is 11.2 Å². The van der Waals surface area contributed by atoms with Crippen LogP contribution in [-0.2, 0) is 9.13 Å². The third-order valence-corrected chi connectivity index (χ3v) is 11.0. The van der Waals surface area contributed by atoms with Gasteiger partial charge in [0.05, 0.1) is 44.5 Å². The molecule has 10 bridgehead atoms. The number of hydrogen-bond acceptors (Lipinski definition) is 4.